The minimum Gasteiger partial charge on any atom is -0.294 e. The van der Waals surface area contributed by atoms with Gasteiger partial charge in [-0.2, -0.15) is 0 Å². The standard InChI is InChI=1S/C18H15FN4O/c1-11(24)15-6-16(9-20-8-15)13-4-12-2-3-17-22-21-10-23(17)18(12)14(5-13)7-19/h4-6,8-10H,2-3,7H2,1H3. The first-order valence-corrected chi connectivity index (χ1v) is 7.75. The van der Waals surface area contributed by atoms with Crippen LogP contribution in [0, 0.1) is 0 Å². The summed E-state index contributed by atoms with van der Waals surface area (Å²) in [6, 6.07) is 5.65. The molecule has 0 fully saturated rings. The van der Waals surface area contributed by atoms with Crippen LogP contribution in [-0.2, 0) is 19.5 Å². The molecule has 0 saturated carbocycles. The van der Waals surface area contributed by atoms with E-state index in [1.807, 2.05) is 16.7 Å². The molecule has 4 rings (SSSR count). The smallest absolute Gasteiger partial charge is 0.161 e. The summed E-state index contributed by atoms with van der Waals surface area (Å²) in [6.45, 7) is 0.932. The zero-order chi connectivity index (χ0) is 16.7. The molecule has 0 N–H and O–H groups in total. The average molecular weight is 322 g/mol. The van der Waals surface area contributed by atoms with Crippen molar-refractivity contribution < 1.29 is 9.18 Å². The van der Waals surface area contributed by atoms with Crippen LogP contribution in [0.25, 0.3) is 16.8 Å². The molecular weight excluding hydrogens is 307 g/mol. The van der Waals surface area contributed by atoms with E-state index in [1.54, 1.807) is 24.8 Å². The summed E-state index contributed by atoms with van der Waals surface area (Å²) in [4.78, 5) is 15.7. The number of carbonyl (C=O) groups excluding carboxylic acids is 1. The van der Waals surface area contributed by atoms with E-state index in [0.29, 0.717) is 11.1 Å². The minimum absolute atomic E-state index is 0.0397. The Morgan fingerprint density at radius 1 is 1.21 bits per heavy atom. The predicted octanol–water partition coefficient (Wildman–Crippen LogP) is 3.10. The van der Waals surface area contributed by atoms with E-state index in [-0.39, 0.29) is 5.78 Å². The normalized spacial score (nSPS) is 12.6. The fourth-order valence-electron chi connectivity index (χ4n) is 3.18. The van der Waals surface area contributed by atoms with Gasteiger partial charge in [0, 0.05) is 35.5 Å². The number of ketones is 1. The number of rotatable bonds is 3. The monoisotopic (exact) mass is 322 g/mol. The Bertz CT molecular complexity index is 931. The molecule has 24 heavy (non-hydrogen) atoms. The summed E-state index contributed by atoms with van der Waals surface area (Å²) in [7, 11) is 0. The fraction of sp³-hybridized carbons (Fsp3) is 0.222. The molecule has 0 amide bonds. The Morgan fingerprint density at radius 2 is 2.08 bits per heavy atom. The Morgan fingerprint density at radius 3 is 2.88 bits per heavy atom. The van der Waals surface area contributed by atoms with Crippen LogP contribution in [-0.4, -0.2) is 25.5 Å². The maximum absolute atomic E-state index is 13.7. The van der Waals surface area contributed by atoms with E-state index in [0.717, 1.165) is 41.0 Å². The number of alkyl halides is 1. The van der Waals surface area contributed by atoms with Crippen molar-refractivity contribution in [2.24, 2.45) is 0 Å². The highest BCUT2D eigenvalue weighted by atomic mass is 19.1. The van der Waals surface area contributed by atoms with Crippen LogP contribution in [0.3, 0.4) is 0 Å². The number of aromatic nitrogens is 4. The molecule has 0 aliphatic carbocycles. The third-order valence-corrected chi connectivity index (χ3v) is 4.37. The molecule has 2 aromatic heterocycles. The molecule has 1 aliphatic heterocycles. The molecule has 120 valence electrons. The van der Waals surface area contributed by atoms with Gasteiger partial charge in [0.25, 0.3) is 0 Å². The zero-order valence-electron chi connectivity index (χ0n) is 13.2. The van der Waals surface area contributed by atoms with Crippen LogP contribution in [0.5, 0.6) is 0 Å². The third-order valence-electron chi connectivity index (χ3n) is 4.37. The highest BCUT2D eigenvalue weighted by Crippen LogP contribution is 2.32. The quantitative estimate of drug-likeness (QED) is 0.695. The van der Waals surface area contributed by atoms with Gasteiger partial charge in [0.1, 0.15) is 18.8 Å². The summed E-state index contributed by atoms with van der Waals surface area (Å²) in [5.74, 6) is 0.812. The number of fused-ring (bicyclic) bond motifs is 3. The molecule has 0 unspecified atom stereocenters. The van der Waals surface area contributed by atoms with E-state index in [9.17, 15) is 9.18 Å². The summed E-state index contributed by atoms with van der Waals surface area (Å²) >= 11 is 0. The minimum atomic E-state index is -0.576. The molecule has 1 aromatic carbocycles. The second kappa shape index (κ2) is 5.63. The molecule has 0 atom stereocenters. The SMILES string of the molecule is CC(=O)c1cncc(-c2cc(CF)c3c(c2)CCc2nncn2-3)c1. The van der Waals surface area contributed by atoms with Gasteiger partial charge < -0.3 is 0 Å². The first-order valence-electron chi connectivity index (χ1n) is 7.75. The van der Waals surface area contributed by atoms with E-state index in [4.69, 9.17) is 0 Å². The molecule has 1 aliphatic rings. The highest BCUT2D eigenvalue weighted by molar-refractivity contribution is 5.94. The second-order valence-electron chi connectivity index (χ2n) is 5.91. The van der Waals surface area contributed by atoms with Crippen LogP contribution in [0.4, 0.5) is 4.39 Å². The van der Waals surface area contributed by atoms with E-state index < -0.39 is 6.67 Å². The molecular formula is C18H15FN4O. The maximum atomic E-state index is 13.7. The number of carbonyl (C=O) groups is 1. The lowest BCUT2D eigenvalue weighted by Gasteiger charge is -2.21. The number of benzene rings is 1. The summed E-state index contributed by atoms with van der Waals surface area (Å²) < 4.78 is 15.6. The largest absolute Gasteiger partial charge is 0.294 e. The number of nitrogens with zero attached hydrogens (tertiary/aromatic N) is 4. The first kappa shape index (κ1) is 14.7. The summed E-state index contributed by atoms with van der Waals surface area (Å²) in [5, 5.41) is 8.02. The van der Waals surface area contributed by atoms with Crippen LogP contribution >= 0.6 is 0 Å². The van der Waals surface area contributed by atoms with E-state index in [2.05, 4.69) is 15.2 Å². The predicted molar refractivity (Wildman–Crippen MR) is 86.8 cm³/mol. The van der Waals surface area contributed by atoms with Crippen molar-refractivity contribution in [3.63, 3.8) is 0 Å². The molecule has 6 heteroatoms. The van der Waals surface area contributed by atoms with Crippen LogP contribution in [0.15, 0.2) is 36.9 Å². The van der Waals surface area contributed by atoms with Crippen molar-refractivity contribution in [3.05, 3.63) is 59.4 Å². The molecule has 3 heterocycles. The lowest BCUT2D eigenvalue weighted by molar-refractivity contribution is 0.101. The van der Waals surface area contributed by atoms with Gasteiger partial charge in [0.15, 0.2) is 5.78 Å². The topological polar surface area (TPSA) is 60.7 Å². The molecule has 0 radical (unpaired) electrons. The van der Waals surface area contributed by atoms with Crippen molar-refractivity contribution >= 4 is 5.78 Å². The Kier molecular flexibility index (Phi) is 3.45. The lowest BCUT2D eigenvalue weighted by atomic mass is 9.93. The van der Waals surface area contributed by atoms with Crippen LogP contribution in [0.1, 0.15) is 34.2 Å². The third kappa shape index (κ3) is 2.31. The molecule has 0 bridgehead atoms. The van der Waals surface area contributed by atoms with Crippen LogP contribution in [0.2, 0.25) is 0 Å². The van der Waals surface area contributed by atoms with Gasteiger partial charge in [-0.1, -0.05) is 0 Å². The average Bonchev–Trinajstić information content (AvgIpc) is 3.09. The van der Waals surface area contributed by atoms with Crippen molar-refractivity contribution in [1.29, 1.82) is 0 Å². The van der Waals surface area contributed by atoms with E-state index >= 15 is 0 Å². The summed E-state index contributed by atoms with van der Waals surface area (Å²) in [5.41, 5.74) is 4.72. The number of pyridine rings is 1. The van der Waals surface area contributed by atoms with E-state index in [1.165, 1.54) is 6.92 Å². The Hall–Kier alpha value is -2.89. The molecule has 0 spiro atoms. The van der Waals surface area contributed by atoms with Crippen molar-refractivity contribution in [3.8, 4) is 16.8 Å². The van der Waals surface area contributed by atoms with Crippen LogP contribution < -0.4 is 0 Å². The van der Waals surface area contributed by atoms with Gasteiger partial charge >= 0.3 is 0 Å². The lowest BCUT2D eigenvalue weighted by Crippen LogP contribution is -2.14. The number of aryl methyl sites for hydroxylation is 2. The number of hydrogen-bond acceptors (Lipinski definition) is 4. The van der Waals surface area contributed by atoms with Crippen molar-refractivity contribution in [2.75, 3.05) is 0 Å². The highest BCUT2D eigenvalue weighted by Gasteiger charge is 2.21. The summed E-state index contributed by atoms with van der Waals surface area (Å²) in [6.07, 6.45) is 6.43. The van der Waals surface area contributed by atoms with Gasteiger partial charge in [-0.3, -0.25) is 14.3 Å². The van der Waals surface area contributed by atoms with Crippen molar-refractivity contribution in [2.45, 2.75) is 26.4 Å². The Balaban J connectivity index is 1.88. The number of Topliss-reactive ketones (excluding diaryl/α,β-unsaturated/α-hetero) is 1. The molecule has 5 nitrogen and oxygen atoms in total. The fourth-order valence-corrected chi connectivity index (χ4v) is 3.18. The first-order chi connectivity index (χ1) is 11.7. The van der Waals surface area contributed by atoms with Gasteiger partial charge in [-0.05, 0) is 42.7 Å². The Labute approximate surface area is 138 Å². The van der Waals surface area contributed by atoms with Crippen molar-refractivity contribution in [1.82, 2.24) is 19.7 Å². The van der Waals surface area contributed by atoms with Gasteiger partial charge in [-0.15, -0.1) is 10.2 Å². The molecule has 0 saturated heterocycles. The maximum Gasteiger partial charge on any atom is 0.161 e. The number of hydrogen-bond donors (Lipinski definition) is 0. The zero-order valence-corrected chi connectivity index (χ0v) is 13.2. The second-order valence-corrected chi connectivity index (χ2v) is 5.91. The van der Waals surface area contributed by atoms with Gasteiger partial charge in [-0.25, -0.2) is 4.39 Å². The molecule has 3 aromatic rings. The van der Waals surface area contributed by atoms with Gasteiger partial charge in [0.05, 0.1) is 5.69 Å². The van der Waals surface area contributed by atoms with Gasteiger partial charge in [0.2, 0.25) is 0 Å². The number of halogens is 1.